The fourth-order valence-electron chi connectivity index (χ4n) is 2.89. The smallest absolute Gasteiger partial charge is 0.346 e. The van der Waals surface area contributed by atoms with Crippen molar-refractivity contribution in [1.82, 2.24) is 0 Å². The van der Waals surface area contributed by atoms with E-state index in [1.54, 1.807) is 73.7 Å². The van der Waals surface area contributed by atoms with Gasteiger partial charge < -0.3 is 4.74 Å². The van der Waals surface area contributed by atoms with Crippen LogP contribution in [-0.2, 0) is 19.4 Å². The van der Waals surface area contributed by atoms with E-state index in [0.717, 1.165) is 0 Å². The first-order chi connectivity index (χ1) is 14.4. The Labute approximate surface area is 180 Å². The van der Waals surface area contributed by atoms with Gasteiger partial charge in [0.2, 0.25) is 15.6 Å². The van der Waals surface area contributed by atoms with Crippen LogP contribution < -0.4 is 0 Å². The molecule has 0 aliphatic rings. The molecule has 0 amide bonds. The summed E-state index contributed by atoms with van der Waals surface area (Å²) in [5, 5.41) is 0. The number of rotatable bonds is 8. The molecular formula is C23H20O5S2. The van der Waals surface area contributed by atoms with Crippen LogP contribution >= 0.6 is 11.8 Å². The van der Waals surface area contributed by atoms with Gasteiger partial charge in [-0.1, -0.05) is 78.5 Å². The molecule has 0 aliphatic carbocycles. The van der Waals surface area contributed by atoms with Gasteiger partial charge in [-0.2, -0.15) is 0 Å². The zero-order valence-electron chi connectivity index (χ0n) is 16.2. The summed E-state index contributed by atoms with van der Waals surface area (Å²) in [5.41, 5.74) is 0.105. The first kappa shape index (κ1) is 21.8. The lowest BCUT2D eigenvalue weighted by molar-refractivity contribution is -0.142. The van der Waals surface area contributed by atoms with Crippen molar-refractivity contribution in [3.05, 3.63) is 96.6 Å². The maximum Gasteiger partial charge on any atom is 0.346 e. The fraction of sp³-hybridized carbons (Fsp3) is 0.130. The predicted molar refractivity (Wildman–Crippen MR) is 116 cm³/mol. The fourth-order valence-corrected chi connectivity index (χ4v) is 6.37. The van der Waals surface area contributed by atoms with Crippen molar-refractivity contribution in [3.8, 4) is 0 Å². The van der Waals surface area contributed by atoms with E-state index in [1.807, 2.05) is 0 Å². The Morgan fingerprint density at radius 1 is 0.833 bits per heavy atom. The highest BCUT2D eigenvalue weighted by Gasteiger charge is 2.60. The summed E-state index contributed by atoms with van der Waals surface area (Å²) in [5.74, 6) is -1.96. The number of esters is 1. The van der Waals surface area contributed by atoms with Gasteiger partial charge in [0.25, 0.3) is 4.08 Å². The van der Waals surface area contributed by atoms with Crippen LogP contribution in [0.25, 0.3) is 0 Å². The number of hydrogen-bond donors (Lipinski definition) is 0. The second kappa shape index (κ2) is 9.28. The third-order valence-corrected chi connectivity index (χ3v) is 8.37. The van der Waals surface area contributed by atoms with Gasteiger partial charge in [0, 0.05) is 10.5 Å². The molecule has 5 nitrogen and oxygen atoms in total. The van der Waals surface area contributed by atoms with Gasteiger partial charge >= 0.3 is 5.97 Å². The van der Waals surface area contributed by atoms with Crippen LogP contribution in [0.3, 0.4) is 0 Å². The summed E-state index contributed by atoms with van der Waals surface area (Å²) >= 11 is 0.677. The molecule has 0 fully saturated rings. The predicted octanol–water partition coefficient (Wildman–Crippen LogP) is 4.39. The molecule has 0 aromatic heterocycles. The van der Waals surface area contributed by atoms with Crippen LogP contribution in [0.5, 0.6) is 0 Å². The molecule has 0 saturated carbocycles. The summed E-state index contributed by atoms with van der Waals surface area (Å²) < 4.78 is 30.3. The van der Waals surface area contributed by atoms with E-state index in [4.69, 9.17) is 4.74 Å². The Morgan fingerprint density at radius 2 is 1.33 bits per heavy atom. The Kier molecular flexibility index (Phi) is 6.74. The number of thioether (sulfide) groups is 1. The number of sulfone groups is 1. The average molecular weight is 441 g/mol. The molecule has 30 heavy (non-hydrogen) atoms. The molecule has 3 aromatic rings. The molecule has 0 saturated heterocycles. The number of ether oxygens (including phenoxy) is 1. The Morgan fingerprint density at radius 3 is 1.87 bits per heavy atom. The van der Waals surface area contributed by atoms with Crippen molar-refractivity contribution in [1.29, 1.82) is 0 Å². The van der Waals surface area contributed by atoms with Gasteiger partial charge in [-0.05, 0) is 31.2 Å². The molecule has 0 unspecified atom stereocenters. The number of carbonyl (C=O) groups is 2. The largest absolute Gasteiger partial charge is 0.464 e. The van der Waals surface area contributed by atoms with Gasteiger partial charge in [0.1, 0.15) is 0 Å². The number of ketones is 1. The van der Waals surface area contributed by atoms with Crippen LogP contribution in [0.4, 0.5) is 0 Å². The molecule has 3 rings (SSSR count). The second-order valence-corrected chi connectivity index (χ2v) is 9.90. The minimum absolute atomic E-state index is 0.0672. The first-order valence-corrected chi connectivity index (χ1v) is 11.5. The molecule has 0 N–H and O–H groups in total. The molecular weight excluding hydrogens is 420 g/mol. The molecule has 0 radical (unpaired) electrons. The zero-order chi connectivity index (χ0) is 21.6. The number of hydrogen-bond acceptors (Lipinski definition) is 6. The van der Waals surface area contributed by atoms with E-state index in [9.17, 15) is 18.0 Å². The van der Waals surface area contributed by atoms with E-state index >= 15 is 0 Å². The Balaban J connectivity index is 2.31. The molecule has 0 aliphatic heterocycles. The molecule has 0 heterocycles. The zero-order valence-corrected chi connectivity index (χ0v) is 17.9. The van der Waals surface area contributed by atoms with Crippen LogP contribution in [0.15, 0.2) is 101 Å². The number of benzene rings is 3. The van der Waals surface area contributed by atoms with E-state index in [-0.39, 0.29) is 17.1 Å². The van der Waals surface area contributed by atoms with Crippen molar-refractivity contribution < 1.29 is 22.7 Å². The molecule has 0 bridgehead atoms. The lowest BCUT2D eigenvalue weighted by Gasteiger charge is -2.29. The van der Waals surface area contributed by atoms with Gasteiger partial charge in [0.15, 0.2) is 0 Å². The highest BCUT2D eigenvalue weighted by Crippen LogP contribution is 2.44. The van der Waals surface area contributed by atoms with E-state index in [0.29, 0.717) is 16.7 Å². The Bertz CT molecular complexity index is 1110. The number of carbonyl (C=O) groups excluding carboxylic acids is 2. The maximum absolute atomic E-state index is 13.8. The van der Waals surface area contributed by atoms with E-state index in [2.05, 4.69) is 0 Å². The van der Waals surface area contributed by atoms with Gasteiger partial charge in [-0.25, -0.2) is 13.2 Å². The minimum Gasteiger partial charge on any atom is -0.464 e. The molecule has 3 aromatic carbocycles. The third kappa shape index (κ3) is 4.04. The van der Waals surface area contributed by atoms with E-state index in [1.165, 1.54) is 24.3 Å². The summed E-state index contributed by atoms with van der Waals surface area (Å²) in [4.78, 5) is 27.3. The lowest BCUT2D eigenvalue weighted by atomic mass is 10.1. The van der Waals surface area contributed by atoms with Crippen molar-refractivity contribution in [2.75, 3.05) is 6.61 Å². The summed E-state index contributed by atoms with van der Waals surface area (Å²) in [7, 11) is -4.49. The van der Waals surface area contributed by atoms with Gasteiger partial charge in [0.05, 0.1) is 11.5 Å². The second-order valence-electron chi connectivity index (χ2n) is 6.26. The van der Waals surface area contributed by atoms with Crippen molar-refractivity contribution in [2.24, 2.45) is 0 Å². The molecule has 154 valence electrons. The SMILES string of the molecule is CCOC(=O)[C@](Sc1ccccc1)(C(=O)c1ccccc1)S(=O)(=O)c1ccccc1. The van der Waals surface area contributed by atoms with Crippen LogP contribution in [0.2, 0.25) is 0 Å². The summed E-state index contributed by atoms with van der Waals surface area (Å²) in [6, 6.07) is 23.9. The summed E-state index contributed by atoms with van der Waals surface area (Å²) in [6.45, 7) is 1.50. The maximum atomic E-state index is 13.8. The van der Waals surface area contributed by atoms with E-state index < -0.39 is 25.7 Å². The van der Waals surface area contributed by atoms with Crippen molar-refractivity contribution in [3.63, 3.8) is 0 Å². The monoisotopic (exact) mass is 440 g/mol. The minimum atomic E-state index is -4.49. The lowest BCUT2D eigenvalue weighted by Crippen LogP contribution is -2.51. The first-order valence-electron chi connectivity index (χ1n) is 9.24. The van der Waals surface area contributed by atoms with Crippen LogP contribution in [0.1, 0.15) is 17.3 Å². The van der Waals surface area contributed by atoms with Crippen LogP contribution in [-0.4, -0.2) is 30.9 Å². The van der Waals surface area contributed by atoms with Gasteiger partial charge in [-0.3, -0.25) is 4.79 Å². The topological polar surface area (TPSA) is 77.5 Å². The highest BCUT2D eigenvalue weighted by molar-refractivity contribution is 8.17. The molecule has 0 spiro atoms. The number of Topliss-reactive ketones (excluding diaryl/α,β-unsaturated/α-hetero) is 1. The Hall–Kier alpha value is -2.90. The standard InChI is InChI=1S/C23H20O5S2/c1-2-28-22(25)23(29-19-14-8-4-9-15-19,21(24)18-12-6-3-7-13-18)30(26,27)20-16-10-5-11-17-20/h3-17H,2H2,1H3/t23-/m0/s1. The average Bonchev–Trinajstić information content (AvgIpc) is 2.79. The van der Waals surface area contributed by atoms with Gasteiger partial charge in [-0.15, -0.1) is 0 Å². The quantitative estimate of drug-likeness (QED) is 0.224. The molecule has 7 heteroatoms. The van der Waals surface area contributed by atoms with Crippen molar-refractivity contribution >= 4 is 33.4 Å². The highest BCUT2D eigenvalue weighted by atomic mass is 32.3. The van der Waals surface area contributed by atoms with Crippen molar-refractivity contribution in [2.45, 2.75) is 20.8 Å². The molecule has 1 atom stereocenters. The van der Waals surface area contributed by atoms with Crippen LogP contribution in [0, 0.1) is 0 Å². The summed E-state index contributed by atoms with van der Waals surface area (Å²) in [6.07, 6.45) is 0. The third-order valence-electron chi connectivity index (χ3n) is 4.32. The normalized spacial score (nSPS) is 13.2.